The van der Waals surface area contributed by atoms with E-state index in [1.165, 1.54) is 0 Å². The quantitative estimate of drug-likeness (QED) is 0.806. The number of aromatic nitrogens is 1. The standard InChI is InChI=1S/C16H15N3O2/c1-2-21-16(20)11-18-12-19(15-9-5-6-10-17-15)14-8-4-3-7-13(14)18/h3-10H,2,11H2,1H3. The number of rotatable bonds is 4. The van der Waals surface area contributed by atoms with Gasteiger partial charge in [-0.05, 0) is 31.2 Å². The lowest BCUT2D eigenvalue weighted by Gasteiger charge is -2.17. The number of para-hydroxylation sites is 2. The third kappa shape index (κ3) is 2.67. The van der Waals surface area contributed by atoms with E-state index in [1.807, 2.05) is 47.4 Å². The van der Waals surface area contributed by atoms with Crippen molar-refractivity contribution in [3.8, 4) is 0 Å². The molecule has 1 aliphatic heterocycles. The molecule has 5 nitrogen and oxygen atoms in total. The monoisotopic (exact) mass is 281 g/mol. The summed E-state index contributed by atoms with van der Waals surface area (Å²) in [6.07, 6.45) is 1.73. The maximum absolute atomic E-state index is 11.7. The normalized spacial score (nSPS) is 13.2. The van der Waals surface area contributed by atoms with Gasteiger partial charge in [0, 0.05) is 6.20 Å². The molecule has 1 aliphatic rings. The first-order valence-corrected chi connectivity index (χ1v) is 6.79. The van der Waals surface area contributed by atoms with E-state index in [0.29, 0.717) is 6.61 Å². The minimum atomic E-state index is -0.275. The number of nitrogens with zero attached hydrogens (tertiary/aromatic N) is 3. The van der Waals surface area contributed by atoms with Crippen LogP contribution in [0.25, 0.3) is 0 Å². The minimum absolute atomic E-state index is 0.133. The molecule has 0 unspecified atom stereocenters. The first-order valence-electron chi connectivity index (χ1n) is 6.79. The van der Waals surface area contributed by atoms with Crippen LogP contribution in [0.4, 0.5) is 17.2 Å². The Balaban J connectivity index is 1.88. The van der Waals surface area contributed by atoms with Gasteiger partial charge in [-0.25, -0.2) is 4.98 Å². The van der Waals surface area contributed by atoms with Crippen molar-refractivity contribution in [2.45, 2.75) is 6.92 Å². The second-order valence-corrected chi connectivity index (χ2v) is 4.50. The molecule has 106 valence electrons. The van der Waals surface area contributed by atoms with Gasteiger partial charge in [0.05, 0.1) is 18.0 Å². The van der Waals surface area contributed by atoms with Gasteiger partial charge in [0.25, 0.3) is 0 Å². The van der Waals surface area contributed by atoms with Crippen LogP contribution in [0.5, 0.6) is 0 Å². The molecule has 0 saturated carbocycles. The van der Waals surface area contributed by atoms with Crippen LogP contribution in [0.2, 0.25) is 0 Å². The van der Waals surface area contributed by atoms with Crippen molar-refractivity contribution in [1.82, 2.24) is 4.98 Å². The molecule has 3 rings (SSSR count). The SMILES string of the molecule is CCOC(=O)CN1[C]N(c2ccccn2)c2ccccc21. The van der Waals surface area contributed by atoms with E-state index in [-0.39, 0.29) is 12.5 Å². The number of carbonyl (C=O) groups is 1. The molecule has 0 bridgehead atoms. The maximum Gasteiger partial charge on any atom is 0.325 e. The summed E-state index contributed by atoms with van der Waals surface area (Å²) in [5.41, 5.74) is 1.86. The lowest BCUT2D eigenvalue weighted by molar-refractivity contribution is -0.141. The van der Waals surface area contributed by atoms with Crippen molar-refractivity contribution >= 4 is 23.2 Å². The van der Waals surface area contributed by atoms with E-state index in [0.717, 1.165) is 17.2 Å². The molecular weight excluding hydrogens is 266 g/mol. The van der Waals surface area contributed by atoms with Gasteiger partial charge in [-0.1, -0.05) is 18.2 Å². The van der Waals surface area contributed by atoms with E-state index < -0.39 is 0 Å². The summed E-state index contributed by atoms with van der Waals surface area (Å²) in [6.45, 7) is 5.47. The van der Waals surface area contributed by atoms with E-state index in [9.17, 15) is 4.79 Å². The van der Waals surface area contributed by atoms with E-state index in [4.69, 9.17) is 4.74 Å². The van der Waals surface area contributed by atoms with E-state index >= 15 is 0 Å². The van der Waals surface area contributed by atoms with Crippen LogP contribution in [0.15, 0.2) is 48.7 Å². The summed E-state index contributed by atoms with van der Waals surface area (Å²) >= 11 is 0. The average molecular weight is 281 g/mol. The van der Waals surface area contributed by atoms with Crippen LogP contribution < -0.4 is 9.80 Å². The Bertz CT molecular complexity index is 630. The zero-order chi connectivity index (χ0) is 14.7. The van der Waals surface area contributed by atoms with Gasteiger partial charge in [-0.15, -0.1) is 0 Å². The third-order valence-electron chi connectivity index (χ3n) is 3.11. The highest BCUT2D eigenvalue weighted by Crippen LogP contribution is 2.41. The molecule has 5 heteroatoms. The van der Waals surface area contributed by atoms with Gasteiger partial charge in [0.2, 0.25) is 6.67 Å². The fraction of sp³-hybridized carbons (Fsp3) is 0.188. The van der Waals surface area contributed by atoms with Crippen LogP contribution in [0.3, 0.4) is 0 Å². The number of fused-ring (bicyclic) bond motifs is 1. The molecule has 0 spiro atoms. The molecule has 1 aromatic carbocycles. The van der Waals surface area contributed by atoms with Gasteiger partial charge < -0.3 is 9.64 Å². The zero-order valence-electron chi connectivity index (χ0n) is 11.7. The number of carbonyl (C=O) groups excluding carboxylic acids is 1. The fourth-order valence-electron chi connectivity index (χ4n) is 2.23. The van der Waals surface area contributed by atoms with Gasteiger partial charge in [-0.3, -0.25) is 9.69 Å². The van der Waals surface area contributed by atoms with Crippen LogP contribution in [0.1, 0.15) is 6.92 Å². The van der Waals surface area contributed by atoms with Crippen LogP contribution in [-0.4, -0.2) is 24.1 Å². The minimum Gasteiger partial charge on any atom is -0.465 e. The molecule has 21 heavy (non-hydrogen) atoms. The Kier molecular flexibility index (Phi) is 3.73. The molecule has 0 aliphatic carbocycles. The van der Waals surface area contributed by atoms with Gasteiger partial charge >= 0.3 is 5.97 Å². The Hall–Kier alpha value is -2.56. The first kappa shape index (κ1) is 13.4. The van der Waals surface area contributed by atoms with Crippen molar-refractivity contribution in [3.63, 3.8) is 0 Å². The number of hydrogen-bond acceptors (Lipinski definition) is 5. The zero-order valence-corrected chi connectivity index (χ0v) is 11.7. The van der Waals surface area contributed by atoms with Crippen molar-refractivity contribution < 1.29 is 9.53 Å². The number of pyridine rings is 1. The van der Waals surface area contributed by atoms with Crippen LogP contribution >= 0.6 is 0 Å². The van der Waals surface area contributed by atoms with Crippen molar-refractivity contribution in [3.05, 3.63) is 55.3 Å². The molecule has 0 fully saturated rings. The van der Waals surface area contributed by atoms with E-state index in [2.05, 4.69) is 11.7 Å². The highest BCUT2D eigenvalue weighted by Gasteiger charge is 2.30. The molecule has 0 saturated heterocycles. The first-order chi connectivity index (χ1) is 10.3. The molecule has 0 amide bonds. The van der Waals surface area contributed by atoms with E-state index in [1.54, 1.807) is 18.0 Å². The fourth-order valence-corrected chi connectivity index (χ4v) is 2.23. The largest absolute Gasteiger partial charge is 0.465 e. The summed E-state index contributed by atoms with van der Waals surface area (Å²) in [6, 6.07) is 13.5. The Labute approximate surface area is 123 Å². The number of ether oxygens (including phenoxy) is 1. The molecule has 0 N–H and O–H groups in total. The smallest absolute Gasteiger partial charge is 0.325 e. The Morgan fingerprint density at radius 3 is 2.67 bits per heavy atom. The summed E-state index contributed by atoms with van der Waals surface area (Å²) in [5.74, 6) is 0.485. The van der Waals surface area contributed by atoms with Crippen LogP contribution in [0, 0.1) is 6.67 Å². The molecule has 2 radical (unpaired) electrons. The number of hydrogen-bond donors (Lipinski definition) is 0. The van der Waals surface area contributed by atoms with Gasteiger partial charge in [0.15, 0.2) is 0 Å². The summed E-state index contributed by atoms with van der Waals surface area (Å²) < 4.78 is 5.01. The van der Waals surface area contributed by atoms with Crippen molar-refractivity contribution in [2.75, 3.05) is 23.0 Å². The number of esters is 1. The summed E-state index contributed by atoms with van der Waals surface area (Å²) in [4.78, 5) is 19.6. The number of benzene rings is 1. The van der Waals surface area contributed by atoms with Gasteiger partial charge in [0.1, 0.15) is 12.4 Å². The molecule has 1 aromatic heterocycles. The molecule has 0 atom stereocenters. The summed E-state index contributed by atoms with van der Waals surface area (Å²) in [7, 11) is 0. The molecule has 2 heterocycles. The van der Waals surface area contributed by atoms with Crippen molar-refractivity contribution in [2.24, 2.45) is 0 Å². The maximum atomic E-state index is 11.7. The molecular formula is C16H15N3O2. The third-order valence-corrected chi connectivity index (χ3v) is 3.11. The lowest BCUT2D eigenvalue weighted by Crippen LogP contribution is -2.29. The summed E-state index contributed by atoms with van der Waals surface area (Å²) in [5, 5.41) is 0. The second-order valence-electron chi connectivity index (χ2n) is 4.50. The van der Waals surface area contributed by atoms with Crippen molar-refractivity contribution in [1.29, 1.82) is 0 Å². The highest BCUT2D eigenvalue weighted by molar-refractivity contribution is 5.87. The lowest BCUT2D eigenvalue weighted by atomic mass is 10.2. The Morgan fingerprint density at radius 2 is 1.95 bits per heavy atom. The average Bonchev–Trinajstić information content (AvgIpc) is 2.87. The molecule has 2 aromatic rings. The van der Waals surface area contributed by atoms with Gasteiger partial charge in [-0.2, -0.15) is 0 Å². The predicted octanol–water partition coefficient (Wildman–Crippen LogP) is 2.60. The second kappa shape index (κ2) is 5.83. The Morgan fingerprint density at radius 1 is 1.19 bits per heavy atom. The highest BCUT2D eigenvalue weighted by atomic mass is 16.5. The van der Waals surface area contributed by atoms with Crippen LogP contribution in [-0.2, 0) is 9.53 Å². The number of anilines is 3. The predicted molar refractivity (Wildman–Crippen MR) is 80.0 cm³/mol. The topological polar surface area (TPSA) is 45.7 Å².